The van der Waals surface area contributed by atoms with E-state index < -0.39 is 0 Å². The van der Waals surface area contributed by atoms with Gasteiger partial charge in [-0.15, -0.1) is 0 Å². The lowest BCUT2D eigenvalue weighted by Crippen LogP contribution is -2.20. The highest BCUT2D eigenvalue weighted by Crippen LogP contribution is 2.34. The SMILES string of the molecule is Cc1cc2c(C#N)cccc2n1-c1nc2c(c(N(C)c3cccc(Br)c3)n1)CCCC2. The van der Waals surface area contributed by atoms with Crippen LogP contribution >= 0.6 is 15.9 Å². The Balaban J connectivity index is 1.74. The fourth-order valence-electron chi connectivity index (χ4n) is 4.47. The number of anilines is 2. The van der Waals surface area contributed by atoms with E-state index in [2.05, 4.69) is 50.6 Å². The fraction of sp³-hybridized carbons (Fsp3) is 0.240. The van der Waals surface area contributed by atoms with Gasteiger partial charge in [0, 0.05) is 33.9 Å². The molecule has 5 rings (SSSR count). The van der Waals surface area contributed by atoms with Crippen LogP contribution in [0.15, 0.2) is 53.0 Å². The van der Waals surface area contributed by atoms with Gasteiger partial charge in [-0.25, -0.2) is 4.98 Å². The third kappa shape index (κ3) is 3.39. The Labute approximate surface area is 190 Å². The summed E-state index contributed by atoms with van der Waals surface area (Å²) in [5.41, 5.74) is 6.10. The molecule has 4 aromatic rings. The van der Waals surface area contributed by atoms with Gasteiger partial charge in [0.15, 0.2) is 0 Å². The topological polar surface area (TPSA) is 57.7 Å². The second kappa shape index (κ2) is 7.82. The lowest BCUT2D eigenvalue weighted by Gasteiger charge is -2.26. The van der Waals surface area contributed by atoms with E-state index in [0.717, 1.165) is 64.0 Å². The van der Waals surface area contributed by atoms with Crippen LogP contribution in [0.4, 0.5) is 11.5 Å². The summed E-state index contributed by atoms with van der Waals surface area (Å²) in [4.78, 5) is 12.2. The highest BCUT2D eigenvalue weighted by Gasteiger charge is 2.23. The van der Waals surface area contributed by atoms with Crippen LogP contribution < -0.4 is 4.90 Å². The lowest BCUT2D eigenvalue weighted by molar-refractivity contribution is 0.657. The summed E-state index contributed by atoms with van der Waals surface area (Å²) in [5, 5.41) is 10.5. The molecule has 0 unspecified atom stereocenters. The van der Waals surface area contributed by atoms with Gasteiger partial charge in [0.1, 0.15) is 5.82 Å². The Morgan fingerprint density at radius 1 is 1.06 bits per heavy atom. The summed E-state index contributed by atoms with van der Waals surface area (Å²) >= 11 is 3.58. The molecule has 6 heteroatoms. The van der Waals surface area contributed by atoms with Crippen LogP contribution in [0.1, 0.15) is 35.4 Å². The van der Waals surface area contributed by atoms with Crippen molar-refractivity contribution in [2.45, 2.75) is 32.6 Å². The number of aryl methyl sites for hydroxylation is 2. The number of aromatic nitrogens is 3. The summed E-state index contributed by atoms with van der Waals surface area (Å²) in [6, 6.07) is 18.4. The van der Waals surface area contributed by atoms with Gasteiger partial charge >= 0.3 is 0 Å². The van der Waals surface area contributed by atoms with Gasteiger partial charge in [-0.3, -0.25) is 4.57 Å². The first kappa shape index (κ1) is 19.8. The van der Waals surface area contributed by atoms with Gasteiger partial charge in [0.2, 0.25) is 5.95 Å². The van der Waals surface area contributed by atoms with E-state index in [-0.39, 0.29) is 0 Å². The molecule has 0 saturated carbocycles. The largest absolute Gasteiger partial charge is 0.329 e. The number of hydrogen-bond acceptors (Lipinski definition) is 4. The number of rotatable bonds is 3. The molecule has 2 aromatic carbocycles. The molecule has 0 fully saturated rings. The standard InChI is InChI=1S/C25H22BrN5/c1-16-13-21-17(15-27)7-5-12-23(21)31(16)25-28-22-11-4-3-10-20(22)24(29-25)30(2)19-9-6-8-18(26)14-19/h5-9,12-14H,3-4,10-11H2,1-2H3. The summed E-state index contributed by atoms with van der Waals surface area (Å²) in [7, 11) is 2.07. The third-order valence-electron chi connectivity index (χ3n) is 6.01. The zero-order valence-corrected chi connectivity index (χ0v) is 19.1. The number of halogens is 1. The maximum Gasteiger partial charge on any atom is 0.236 e. The minimum Gasteiger partial charge on any atom is -0.329 e. The molecular formula is C25H22BrN5. The van der Waals surface area contributed by atoms with Gasteiger partial charge in [-0.05, 0) is 69.0 Å². The average Bonchev–Trinajstić information content (AvgIpc) is 3.13. The molecule has 0 bridgehead atoms. The molecule has 0 aliphatic heterocycles. The molecule has 2 aromatic heterocycles. The van der Waals surface area contributed by atoms with Crippen LogP contribution in [0.25, 0.3) is 16.9 Å². The minimum absolute atomic E-state index is 0.667. The second-order valence-corrected chi connectivity index (χ2v) is 8.91. The Morgan fingerprint density at radius 3 is 2.68 bits per heavy atom. The third-order valence-corrected chi connectivity index (χ3v) is 6.51. The second-order valence-electron chi connectivity index (χ2n) is 7.99. The van der Waals surface area contributed by atoms with E-state index in [9.17, 15) is 5.26 Å². The van der Waals surface area contributed by atoms with Crippen LogP contribution in [-0.2, 0) is 12.8 Å². The highest BCUT2D eigenvalue weighted by atomic mass is 79.9. The summed E-state index contributed by atoms with van der Waals surface area (Å²) in [6.07, 6.45) is 4.26. The number of benzene rings is 2. The van der Waals surface area contributed by atoms with Gasteiger partial charge in [0.05, 0.1) is 22.8 Å². The van der Waals surface area contributed by atoms with Crippen LogP contribution in [-0.4, -0.2) is 21.6 Å². The summed E-state index contributed by atoms with van der Waals surface area (Å²) in [5.74, 6) is 1.62. The molecule has 0 amide bonds. The molecule has 154 valence electrons. The maximum atomic E-state index is 9.53. The Hall–Kier alpha value is -3.17. The maximum absolute atomic E-state index is 9.53. The van der Waals surface area contributed by atoms with E-state index >= 15 is 0 Å². The van der Waals surface area contributed by atoms with Crippen molar-refractivity contribution < 1.29 is 0 Å². The molecular weight excluding hydrogens is 450 g/mol. The van der Waals surface area contributed by atoms with Crippen molar-refractivity contribution in [1.82, 2.24) is 14.5 Å². The number of fused-ring (bicyclic) bond motifs is 2. The van der Waals surface area contributed by atoms with Crippen LogP contribution in [0, 0.1) is 18.3 Å². The Morgan fingerprint density at radius 2 is 1.87 bits per heavy atom. The molecule has 0 N–H and O–H groups in total. The van der Waals surface area contributed by atoms with Gasteiger partial charge < -0.3 is 4.90 Å². The quantitative estimate of drug-likeness (QED) is 0.367. The van der Waals surface area contributed by atoms with Crippen LogP contribution in [0.2, 0.25) is 0 Å². The number of hydrogen-bond donors (Lipinski definition) is 0. The molecule has 0 saturated heterocycles. The van der Waals surface area contributed by atoms with Crippen molar-refractivity contribution in [2.24, 2.45) is 0 Å². The highest BCUT2D eigenvalue weighted by molar-refractivity contribution is 9.10. The smallest absolute Gasteiger partial charge is 0.236 e. The summed E-state index contributed by atoms with van der Waals surface area (Å²) < 4.78 is 3.11. The van der Waals surface area contributed by atoms with Crippen molar-refractivity contribution in [3.05, 3.63) is 75.5 Å². The summed E-state index contributed by atoms with van der Waals surface area (Å²) in [6.45, 7) is 2.04. The first-order chi connectivity index (χ1) is 15.1. The lowest BCUT2D eigenvalue weighted by atomic mass is 9.96. The van der Waals surface area contributed by atoms with E-state index in [0.29, 0.717) is 11.5 Å². The van der Waals surface area contributed by atoms with E-state index in [1.54, 1.807) is 0 Å². The van der Waals surface area contributed by atoms with Crippen LogP contribution in [0.3, 0.4) is 0 Å². The predicted octanol–water partition coefficient (Wildman–Crippen LogP) is 6.01. The molecule has 1 aliphatic carbocycles. The molecule has 1 aliphatic rings. The van der Waals surface area contributed by atoms with Gasteiger partial charge in [0.25, 0.3) is 0 Å². The van der Waals surface area contributed by atoms with Crippen molar-refractivity contribution in [3.63, 3.8) is 0 Å². The van der Waals surface area contributed by atoms with Crippen LogP contribution in [0.5, 0.6) is 0 Å². The van der Waals surface area contributed by atoms with Gasteiger partial charge in [-0.2, -0.15) is 10.2 Å². The van der Waals surface area contributed by atoms with E-state index in [4.69, 9.17) is 9.97 Å². The molecule has 0 atom stereocenters. The normalized spacial score (nSPS) is 13.1. The number of nitriles is 1. The van der Waals surface area contributed by atoms with E-state index in [1.165, 1.54) is 5.56 Å². The molecule has 5 nitrogen and oxygen atoms in total. The zero-order chi connectivity index (χ0) is 21.5. The van der Waals surface area contributed by atoms with E-state index in [1.807, 2.05) is 43.3 Å². The fourth-order valence-corrected chi connectivity index (χ4v) is 4.86. The first-order valence-electron chi connectivity index (χ1n) is 10.5. The Kier molecular flexibility index (Phi) is 4.99. The molecule has 2 heterocycles. The number of nitrogens with zero attached hydrogens (tertiary/aromatic N) is 5. The van der Waals surface area contributed by atoms with Crippen molar-refractivity contribution >= 4 is 38.3 Å². The van der Waals surface area contributed by atoms with Crippen molar-refractivity contribution in [2.75, 3.05) is 11.9 Å². The monoisotopic (exact) mass is 471 g/mol. The Bertz CT molecular complexity index is 1350. The minimum atomic E-state index is 0.667. The molecule has 0 spiro atoms. The van der Waals surface area contributed by atoms with Crippen molar-refractivity contribution in [1.29, 1.82) is 5.26 Å². The van der Waals surface area contributed by atoms with Gasteiger partial charge in [-0.1, -0.05) is 28.1 Å². The molecule has 31 heavy (non-hydrogen) atoms. The first-order valence-corrected chi connectivity index (χ1v) is 11.3. The molecule has 0 radical (unpaired) electrons. The average molecular weight is 472 g/mol. The predicted molar refractivity (Wildman–Crippen MR) is 127 cm³/mol. The van der Waals surface area contributed by atoms with Crippen molar-refractivity contribution in [3.8, 4) is 12.0 Å². The zero-order valence-electron chi connectivity index (χ0n) is 17.6.